The summed E-state index contributed by atoms with van der Waals surface area (Å²) in [6, 6.07) is 0. The number of carbonyl (C=O) groups is 3. The fourth-order valence-electron chi connectivity index (χ4n) is 8.60. The summed E-state index contributed by atoms with van der Waals surface area (Å²) >= 11 is 0. The third kappa shape index (κ3) is 54.4. The van der Waals surface area contributed by atoms with Gasteiger partial charge in [-0.25, -0.2) is 0 Å². The van der Waals surface area contributed by atoms with Crippen molar-refractivity contribution >= 4 is 17.9 Å². The van der Waals surface area contributed by atoms with Crippen LogP contribution in [0.5, 0.6) is 0 Å². The quantitative estimate of drug-likeness (QED) is 0.0262. The third-order valence-electron chi connectivity index (χ3n) is 13.1. The highest BCUT2D eigenvalue weighted by atomic mass is 16.6. The summed E-state index contributed by atoms with van der Waals surface area (Å²) in [5.74, 6) is -0.878. The number of carbonyl (C=O) groups excluding carboxylic acids is 3. The molecule has 6 heteroatoms. The van der Waals surface area contributed by atoms with Crippen LogP contribution in [0.4, 0.5) is 0 Å². The van der Waals surface area contributed by atoms with Crippen molar-refractivity contribution in [3.8, 4) is 0 Å². The van der Waals surface area contributed by atoms with E-state index in [1.165, 1.54) is 212 Å². The third-order valence-corrected chi connectivity index (χ3v) is 13.1. The van der Waals surface area contributed by atoms with E-state index < -0.39 is 6.10 Å². The van der Waals surface area contributed by atoms with Gasteiger partial charge in [0.25, 0.3) is 0 Å². The fourth-order valence-corrected chi connectivity index (χ4v) is 8.60. The van der Waals surface area contributed by atoms with E-state index in [4.69, 9.17) is 14.2 Å². The molecule has 0 spiro atoms. The second kappa shape index (κ2) is 56.2. The Morgan fingerprint density at radius 2 is 0.493 bits per heavy atom. The van der Waals surface area contributed by atoms with Gasteiger partial charge in [0.1, 0.15) is 13.2 Å². The summed E-state index contributed by atoms with van der Waals surface area (Å²) < 4.78 is 16.9. The van der Waals surface area contributed by atoms with Crippen LogP contribution in [0.1, 0.15) is 316 Å². The van der Waals surface area contributed by atoms with Gasteiger partial charge in [0.05, 0.1) is 0 Å². The molecular formula is C61H112O6. The predicted molar refractivity (Wildman–Crippen MR) is 289 cm³/mol. The van der Waals surface area contributed by atoms with E-state index in [-0.39, 0.29) is 31.1 Å². The van der Waals surface area contributed by atoms with Crippen LogP contribution in [0.3, 0.4) is 0 Å². The number of hydrogen-bond donors (Lipinski definition) is 0. The molecule has 0 heterocycles. The minimum Gasteiger partial charge on any atom is -0.462 e. The van der Waals surface area contributed by atoms with Gasteiger partial charge >= 0.3 is 17.9 Å². The molecule has 0 saturated heterocycles. The number of hydrogen-bond acceptors (Lipinski definition) is 6. The molecule has 0 aromatic carbocycles. The minimum atomic E-state index is -0.778. The molecule has 0 fully saturated rings. The van der Waals surface area contributed by atoms with Gasteiger partial charge in [0.2, 0.25) is 0 Å². The maximum atomic E-state index is 12.9. The summed E-state index contributed by atoms with van der Waals surface area (Å²) in [5.41, 5.74) is 0. The van der Waals surface area contributed by atoms with Crippen molar-refractivity contribution in [3.63, 3.8) is 0 Å². The zero-order valence-electron chi connectivity index (χ0n) is 44.9. The van der Waals surface area contributed by atoms with Crippen LogP contribution in [0.25, 0.3) is 0 Å². The molecule has 0 aromatic rings. The SMILES string of the molecule is CCCCCC/C=C\CCCCCCCC(=O)OC[C@H](COC(=O)CCCCCCCCC/C=C\CCCCCCCCCC)OC(=O)CCCCCCCCC/C=C\CCCCCCCC. The Kier molecular flexibility index (Phi) is 54.2. The lowest BCUT2D eigenvalue weighted by Gasteiger charge is -2.18. The smallest absolute Gasteiger partial charge is 0.306 e. The van der Waals surface area contributed by atoms with Crippen molar-refractivity contribution in [1.29, 1.82) is 0 Å². The predicted octanol–water partition coefficient (Wildman–Crippen LogP) is 19.7. The molecule has 0 aliphatic heterocycles. The van der Waals surface area contributed by atoms with Crippen LogP contribution in [0.15, 0.2) is 36.5 Å². The van der Waals surface area contributed by atoms with E-state index in [1.54, 1.807) is 0 Å². The first-order valence-corrected chi connectivity index (χ1v) is 29.5. The Balaban J connectivity index is 4.34. The largest absolute Gasteiger partial charge is 0.462 e. The van der Waals surface area contributed by atoms with Crippen LogP contribution in [0, 0.1) is 0 Å². The van der Waals surface area contributed by atoms with Crippen molar-refractivity contribution in [1.82, 2.24) is 0 Å². The van der Waals surface area contributed by atoms with Gasteiger partial charge in [0.15, 0.2) is 6.10 Å². The number of allylic oxidation sites excluding steroid dienone is 6. The van der Waals surface area contributed by atoms with Gasteiger partial charge in [-0.1, -0.05) is 237 Å². The molecule has 0 rings (SSSR count). The Labute approximate surface area is 416 Å². The van der Waals surface area contributed by atoms with Crippen LogP contribution in [-0.4, -0.2) is 37.2 Å². The molecular weight excluding hydrogens is 829 g/mol. The fraction of sp³-hybridized carbons (Fsp3) is 0.852. The van der Waals surface area contributed by atoms with Gasteiger partial charge in [-0.05, 0) is 96.3 Å². The summed E-state index contributed by atoms with van der Waals surface area (Å²) in [7, 11) is 0. The van der Waals surface area contributed by atoms with E-state index in [2.05, 4.69) is 57.2 Å². The summed E-state index contributed by atoms with van der Waals surface area (Å²) in [5, 5.41) is 0. The molecule has 0 bridgehead atoms. The second-order valence-corrected chi connectivity index (χ2v) is 19.9. The standard InChI is InChI=1S/C61H112O6/c1-4-7-10-13-16-19-22-25-27-29-30-32-33-36-39-42-45-48-51-54-60(63)66-57-58(56-65-59(62)53-50-47-44-41-38-35-24-21-18-15-12-9-6-3)67-61(64)55-52-49-46-43-40-37-34-31-28-26-23-20-17-14-11-8-5-2/h21,24,26,28-30,58H,4-20,22-23,25,27,31-57H2,1-3H3/b24-21-,28-26-,30-29-/t58-/m1/s1. The summed E-state index contributed by atoms with van der Waals surface area (Å²) in [4.78, 5) is 38.2. The normalized spacial score (nSPS) is 12.2. The van der Waals surface area contributed by atoms with E-state index in [1.807, 2.05) is 0 Å². The van der Waals surface area contributed by atoms with Crippen molar-refractivity contribution in [2.45, 2.75) is 322 Å². The van der Waals surface area contributed by atoms with Gasteiger partial charge < -0.3 is 14.2 Å². The first-order valence-electron chi connectivity index (χ1n) is 29.5. The highest BCUT2D eigenvalue weighted by Crippen LogP contribution is 2.16. The first kappa shape index (κ1) is 64.6. The first-order chi connectivity index (χ1) is 33.0. The van der Waals surface area contributed by atoms with Crippen molar-refractivity contribution in [2.75, 3.05) is 13.2 Å². The van der Waals surface area contributed by atoms with Gasteiger partial charge in [-0.15, -0.1) is 0 Å². The zero-order chi connectivity index (χ0) is 48.6. The maximum Gasteiger partial charge on any atom is 0.306 e. The minimum absolute atomic E-state index is 0.0765. The average Bonchev–Trinajstić information content (AvgIpc) is 3.33. The van der Waals surface area contributed by atoms with E-state index in [0.717, 1.165) is 64.2 Å². The van der Waals surface area contributed by atoms with Gasteiger partial charge in [0, 0.05) is 19.3 Å². The zero-order valence-corrected chi connectivity index (χ0v) is 44.9. The topological polar surface area (TPSA) is 78.9 Å². The molecule has 0 aliphatic carbocycles. The van der Waals surface area contributed by atoms with E-state index in [9.17, 15) is 14.4 Å². The number of unbranched alkanes of at least 4 members (excludes halogenated alkanes) is 37. The molecule has 392 valence electrons. The van der Waals surface area contributed by atoms with Crippen LogP contribution in [0.2, 0.25) is 0 Å². The Hall–Kier alpha value is -2.37. The highest BCUT2D eigenvalue weighted by Gasteiger charge is 2.19. The number of rotatable bonds is 54. The Bertz CT molecular complexity index is 1130. The molecule has 0 radical (unpaired) electrons. The van der Waals surface area contributed by atoms with Gasteiger partial charge in [-0.2, -0.15) is 0 Å². The monoisotopic (exact) mass is 941 g/mol. The Morgan fingerprint density at radius 3 is 0.761 bits per heavy atom. The molecule has 0 aliphatic rings. The molecule has 67 heavy (non-hydrogen) atoms. The molecule has 0 N–H and O–H groups in total. The lowest BCUT2D eigenvalue weighted by molar-refractivity contribution is -0.167. The summed E-state index contributed by atoms with van der Waals surface area (Å²) in [6.45, 7) is 6.64. The van der Waals surface area contributed by atoms with E-state index >= 15 is 0 Å². The Morgan fingerprint density at radius 1 is 0.284 bits per heavy atom. The molecule has 0 amide bonds. The van der Waals surface area contributed by atoms with Crippen molar-refractivity contribution in [3.05, 3.63) is 36.5 Å². The molecule has 0 saturated carbocycles. The molecule has 0 aromatic heterocycles. The molecule has 6 nitrogen and oxygen atoms in total. The van der Waals surface area contributed by atoms with Crippen LogP contribution >= 0.6 is 0 Å². The summed E-state index contributed by atoms with van der Waals surface area (Å²) in [6.07, 6.45) is 67.0. The molecule has 0 unspecified atom stereocenters. The van der Waals surface area contributed by atoms with E-state index in [0.29, 0.717) is 19.3 Å². The van der Waals surface area contributed by atoms with Crippen molar-refractivity contribution in [2.24, 2.45) is 0 Å². The number of esters is 3. The molecule has 1 atom stereocenters. The van der Waals surface area contributed by atoms with Crippen LogP contribution < -0.4 is 0 Å². The highest BCUT2D eigenvalue weighted by molar-refractivity contribution is 5.71. The average molecular weight is 942 g/mol. The number of ether oxygens (including phenoxy) is 3. The lowest BCUT2D eigenvalue weighted by Crippen LogP contribution is -2.30. The van der Waals surface area contributed by atoms with Crippen LogP contribution in [-0.2, 0) is 28.6 Å². The maximum absolute atomic E-state index is 12.9. The second-order valence-electron chi connectivity index (χ2n) is 19.9. The van der Waals surface area contributed by atoms with Crippen molar-refractivity contribution < 1.29 is 28.6 Å². The van der Waals surface area contributed by atoms with Gasteiger partial charge in [-0.3, -0.25) is 14.4 Å². The lowest BCUT2D eigenvalue weighted by atomic mass is 10.1.